The Morgan fingerprint density at radius 2 is 2.00 bits per heavy atom. The van der Waals surface area contributed by atoms with Crippen LogP contribution in [0.25, 0.3) is 11.0 Å². The van der Waals surface area contributed by atoms with Gasteiger partial charge in [0, 0.05) is 12.2 Å². The number of ether oxygens (including phenoxy) is 1. The van der Waals surface area contributed by atoms with Crippen LogP contribution in [-0.4, -0.2) is 27.2 Å². The fraction of sp³-hybridized carbons (Fsp3) is 0.625. The molecule has 5 nitrogen and oxygen atoms in total. The molecular weight excluding hydrogens is 264 g/mol. The van der Waals surface area contributed by atoms with Gasteiger partial charge in [-0.05, 0) is 32.3 Å². The van der Waals surface area contributed by atoms with Crippen molar-refractivity contribution < 1.29 is 4.74 Å². The summed E-state index contributed by atoms with van der Waals surface area (Å²) in [5.74, 6) is 0.563. The van der Waals surface area contributed by atoms with E-state index in [0.717, 1.165) is 24.2 Å². The minimum absolute atomic E-state index is 0.446. The van der Waals surface area contributed by atoms with Crippen LogP contribution in [0.3, 0.4) is 0 Å². The molecule has 1 saturated carbocycles. The summed E-state index contributed by atoms with van der Waals surface area (Å²) < 4.78 is 8.23. The van der Waals surface area contributed by atoms with E-state index in [0.29, 0.717) is 11.9 Å². The van der Waals surface area contributed by atoms with Crippen LogP contribution < -0.4 is 5.73 Å². The summed E-state index contributed by atoms with van der Waals surface area (Å²) in [4.78, 5) is 8.50. The molecule has 1 fully saturated rings. The van der Waals surface area contributed by atoms with Crippen LogP contribution >= 0.6 is 0 Å². The van der Waals surface area contributed by atoms with E-state index in [2.05, 4.69) is 28.4 Å². The van der Waals surface area contributed by atoms with Crippen molar-refractivity contribution in [1.29, 1.82) is 0 Å². The SMILES string of the molecule is Cc1c(C)n(CCOC2CCCCC2)c2ncnc(N)c12. The van der Waals surface area contributed by atoms with Crippen molar-refractivity contribution in [1.82, 2.24) is 14.5 Å². The highest BCUT2D eigenvalue weighted by molar-refractivity contribution is 5.90. The van der Waals surface area contributed by atoms with Gasteiger partial charge in [-0.2, -0.15) is 0 Å². The van der Waals surface area contributed by atoms with Gasteiger partial charge in [-0.3, -0.25) is 0 Å². The monoisotopic (exact) mass is 288 g/mol. The van der Waals surface area contributed by atoms with E-state index >= 15 is 0 Å². The average Bonchev–Trinajstić information content (AvgIpc) is 2.74. The van der Waals surface area contributed by atoms with Gasteiger partial charge >= 0.3 is 0 Å². The molecule has 0 amide bonds. The minimum atomic E-state index is 0.446. The maximum atomic E-state index is 6.03. The van der Waals surface area contributed by atoms with Crippen LogP contribution in [0.4, 0.5) is 5.82 Å². The highest BCUT2D eigenvalue weighted by Crippen LogP contribution is 2.27. The molecule has 5 heteroatoms. The molecule has 0 radical (unpaired) electrons. The number of nitrogen functional groups attached to an aromatic ring is 1. The molecular formula is C16H24N4O. The molecule has 0 aromatic carbocycles. The Labute approximate surface area is 125 Å². The van der Waals surface area contributed by atoms with Crippen LogP contribution in [0.1, 0.15) is 43.4 Å². The van der Waals surface area contributed by atoms with Gasteiger partial charge in [0.05, 0.1) is 18.1 Å². The molecule has 2 aromatic rings. The third-order valence-corrected chi connectivity index (χ3v) is 4.66. The van der Waals surface area contributed by atoms with E-state index in [1.807, 2.05) is 0 Å². The summed E-state index contributed by atoms with van der Waals surface area (Å²) in [6, 6.07) is 0. The zero-order valence-corrected chi connectivity index (χ0v) is 12.9. The van der Waals surface area contributed by atoms with Gasteiger partial charge in [-0.15, -0.1) is 0 Å². The van der Waals surface area contributed by atoms with Crippen LogP contribution in [0.2, 0.25) is 0 Å². The quantitative estimate of drug-likeness (QED) is 0.939. The van der Waals surface area contributed by atoms with E-state index in [9.17, 15) is 0 Å². The first kappa shape index (κ1) is 14.3. The van der Waals surface area contributed by atoms with E-state index < -0.39 is 0 Å². The third kappa shape index (κ3) is 2.75. The first-order valence-electron chi connectivity index (χ1n) is 7.86. The van der Waals surface area contributed by atoms with Crippen molar-refractivity contribution in [2.45, 2.75) is 58.6 Å². The molecule has 0 aliphatic heterocycles. The van der Waals surface area contributed by atoms with Crippen molar-refractivity contribution in [3.8, 4) is 0 Å². The second kappa shape index (κ2) is 6.02. The fourth-order valence-electron chi connectivity index (χ4n) is 3.31. The van der Waals surface area contributed by atoms with Gasteiger partial charge in [0.1, 0.15) is 17.8 Å². The van der Waals surface area contributed by atoms with Crippen molar-refractivity contribution in [2.75, 3.05) is 12.3 Å². The predicted octanol–water partition coefficient (Wildman–Crippen LogP) is 2.98. The Kier molecular flexibility index (Phi) is 4.10. The van der Waals surface area contributed by atoms with E-state index in [1.54, 1.807) is 0 Å². The Balaban J connectivity index is 1.74. The average molecular weight is 288 g/mol. The highest BCUT2D eigenvalue weighted by atomic mass is 16.5. The molecule has 0 bridgehead atoms. The molecule has 1 aliphatic rings. The molecule has 2 heterocycles. The molecule has 2 N–H and O–H groups in total. The van der Waals surface area contributed by atoms with E-state index in [1.165, 1.54) is 49.7 Å². The molecule has 1 aliphatic carbocycles. The zero-order valence-electron chi connectivity index (χ0n) is 12.9. The Hall–Kier alpha value is -1.62. The number of anilines is 1. The standard InChI is InChI=1S/C16H24N4O/c1-11-12(2)20(16-14(11)15(17)18-10-19-16)8-9-21-13-6-4-3-5-7-13/h10,13H,3-9H2,1-2H3,(H2,17,18,19). The van der Waals surface area contributed by atoms with Gasteiger partial charge in [0.15, 0.2) is 0 Å². The third-order valence-electron chi connectivity index (χ3n) is 4.66. The van der Waals surface area contributed by atoms with Crippen molar-refractivity contribution in [3.63, 3.8) is 0 Å². The summed E-state index contributed by atoms with van der Waals surface area (Å²) in [6.07, 6.45) is 8.37. The molecule has 3 rings (SSSR count). The Bertz CT molecular complexity index is 629. The molecule has 0 saturated heterocycles. The lowest BCUT2D eigenvalue weighted by molar-refractivity contribution is 0.0243. The van der Waals surface area contributed by atoms with Gasteiger partial charge in [0.2, 0.25) is 0 Å². The van der Waals surface area contributed by atoms with Crippen molar-refractivity contribution in [2.24, 2.45) is 0 Å². The van der Waals surface area contributed by atoms with Crippen LogP contribution in [-0.2, 0) is 11.3 Å². The minimum Gasteiger partial charge on any atom is -0.383 e. The lowest BCUT2D eigenvalue weighted by atomic mass is 9.98. The number of nitrogens with zero attached hydrogens (tertiary/aromatic N) is 3. The normalized spacial score (nSPS) is 16.7. The number of hydrogen-bond acceptors (Lipinski definition) is 4. The maximum Gasteiger partial charge on any atom is 0.146 e. The predicted molar refractivity (Wildman–Crippen MR) is 84.2 cm³/mol. The molecule has 114 valence electrons. The Morgan fingerprint density at radius 3 is 2.76 bits per heavy atom. The first-order chi connectivity index (χ1) is 10.2. The Morgan fingerprint density at radius 1 is 1.24 bits per heavy atom. The van der Waals surface area contributed by atoms with Crippen molar-refractivity contribution in [3.05, 3.63) is 17.6 Å². The number of fused-ring (bicyclic) bond motifs is 1. The first-order valence-corrected chi connectivity index (χ1v) is 7.86. The van der Waals surface area contributed by atoms with Gasteiger partial charge in [-0.1, -0.05) is 19.3 Å². The van der Waals surface area contributed by atoms with E-state index in [-0.39, 0.29) is 0 Å². The topological polar surface area (TPSA) is 66.0 Å². The largest absolute Gasteiger partial charge is 0.383 e. The van der Waals surface area contributed by atoms with Gasteiger partial charge in [0.25, 0.3) is 0 Å². The smallest absolute Gasteiger partial charge is 0.146 e. The molecule has 0 unspecified atom stereocenters. The summed E-state index contributed by atoms with van der Waals surface area (Å²) >= 11 is 0. The van der Waals surface area contributed by atoms with Crippen LogP contribution in [0.15, 0.2) is 6.33 Å². The second-order valence-electron chi connectivity index (χ2n) is 5.95. The number of nitrogens with two attached hydrogens (primary N) is 1. The summed E-state index contributed by atoms with van der Waals surface area (Å²) in [7, 11) is 0. The molecule has 2 aromatic heterocycles. The lowest BCUT2D eigenvalue weighted by Crippen LogP contribution is -2.19. The lowest BCUT2D eigenvalue weighted by Gasteiger charge is -2.22. The molecule has 0 atom stereocenters. The van der Waals surface area contributed by atoms with Crippen molar-refractivity contribution >= 4 is 16.9 Å². The number of rotatable bonds is 4. The van der Waals surface area contributed by atoms with Crippen LogP contribution in [0.5, 0.6) is 0 Å². The van der Waals surface area contributed by atoms with Gasteiger partial charge < -0.3 is 15.0 Å². The number of aromatic nitrogens is 3. The summed E-state index contributed by atoms with van der Waals surface area (Å²) in [5.41, 5.74) is 9.28. The fourth-order valence-corrected chi connectivity index (χ4v) is 3.31. The van der Waals surface area contributed by atoms with Gasteiger partial charge in [-0.25, -0.2) is 9.97 Å². The molecule has 0 spiro atoms. The maximum absolute atomic E-state index is 6.03. The summed E-state index contributed by atoms with van der Waals surface area (Å²) in [5, 5.41) is 0.979. The second-order valence-corrected chi connectivity index (χ2v) is 5.95. The van der Waals surface area contributed by atoms with Crippen LogP contribution in [0, 0.1) is 13.8 Å². The highest BCUT2D eigenvalue weighted by Gasteiger charge is 2.16. The number of aryl methyl sites for hydroxylation is 1. The molecule has 21 heavy (non-hydrogen) atoms. The zero-order chi connectivity index (χ0) is 14.8. The number of hydrogen-bond donors (Lipinski definition) is 1. The summed E-state index contributed by atoms with van der Waals surface area (Å²) in [6.45, 7) is 5.74. The van der Waals surface area contributed by atoms with E-state index in [4.69, 9.17) is 10.5 Å².